The molecule has 1 N–H and O–H groups in total. The molecule has 3 rings (SSSR count). The number of aromatic amines is 1. The molecule has 0 unspecified atom stereocenters. The minimum atomic E-state index is 0.852. The van der Waals surface area contributed by atoms with Crippen LogP contribution in [0.2, 0.25) is 0 Å². The summed E-state index contributed by atoms with van der Waals surface area (Å²) in [5.74, 6) is 0.852. The first-order chi connectivity index (χ1) is 8.38. The summed E-state index contributed by atoms with van der Waals surface area (Å²) in [5, 5.41) is 1.03. The number of fused-ring (bicyclic) bond motifs is 1. The van der Waals surface area contributed by atoms with Gasteiger partial charge in [0.2, 0.25) is 0 Å². The van der Waals surface area contributed by atoms with Crippen molar-refractivity contribution in [2.24, 2.45) is 0 Å². The number of methoxy groups -OCH3 is 1. The smallest absolute Gasteiger partial charge is 0.141 e. The molecule has 0 saturated carbocycles. The van der Waals surface area contributed by atoms with Crippen molar-refractivity contribution in [3.8, 4) is 16.9 Å². The van der Waals surface area contributed by atoms with E-state index in [0.29, 0.717) is 0 Å². The number of nitrogens with one attached hydrogen (secondary N) is 1. The molecule has 0 spiro atoms. The van der Waals surface area contributed by atoms with Gasteiger partial charge in [-0.2, -0.15) is 0 Å². The molecule has 84 valence electrons. The molecule has 0 amide bonds. The van der Waals surface area contributed by atoms with Gasteiger partial charge in [0.25, 0.3) is 0 Å². The molecular formula is C13H11N3O. The molecule has 2 aromatic heterocycles. The van der Waals surface area contributed by atoms with E-state index in [1.165, 1.54) is 6.33 Å². The molecule has 0 aliphatic carbocycles. The zero-order chi connectivity index (χ0) is 11.7. The highest BCUT2D eigenvalue weighted by atomic mass is 16.5. The first-order valence-corrected chi connectivity index (χ1v) is 5.30. The molecule has 4 nitrogen and oxygen atoms in total. The maximum Gasteiger partial charge on any atom is 0.141 e. The number of hydrogen-bond acceptors (Lipinski definition) is 3. The fourth-order valence-corrected chi connectivity index (χ4v) is 1.87. The maximum absolute atomic E-state index is 5.14. The standard InChI is InChI=1S/C13H11N3O/c1-17-10-4-2-9(3-5-10)11-7-15-13-12(11)6-14-8-16-13/h2-8H,1H3,(H,14,15,16). The van der Waals surface area contributed by atoms with Gasteiger partial charge >= 0.3 is 0 Å². The van der Waals surface area contributed by atoms with Gasteiger partial charge in [-0.05, 0) is 17.7 Å². The van der Waals surface area contributed by atoms with Crippen molar-refractivity contribution in [1.82, 2.24) is 15.0 Å². The third-order valence-electron chi connectivity index (χ3n) is 2.76. The highest BCUT2D eigenvalue weighted by Gasteiger charge is 2.06. The molecule has 0 radical (unpaired) electrons. The number of hydrogen-bond donors (Lipinski definition) is 1. The zero-order valence-electron chi connectivity index (χ0n) is 9.34. The SMILES string of the molecule is COc1ccc(-c2c[nH]c3ncncc23)cc1. The fraction of sp³-hybridized carbons (Fsp3) is 0.0769. The predicted molar refractivity (Wildman–Crippen MR) is 65.9 cm³/mol. The molecule has 0 saturated heterocycles. The third-order valence-corrected chi connectivity index (χ3v) is 2.76. The van der Waals surface area contributed by atoms with Gasteiger partial charge in [0, 0.05) is 23.3 Å². The third kappa shape index (κ3) is 1.63. The Bertz CT molecular complexity index is 643. The Kier molecular flexibility index (Phi) is 2.26. The molecular weight excluding hydrogens is 214 g/mol. The minimum Gasteiger partial charge on any atom is -0.497 e. The maximum atomic E-state index is 5.14. The topological polar surface area (TPSA) is 50.8 Å². The Hall–Kier alpha value is -2.36. The van der Waals surface area contributed by atoms with Crippen molar-refractivity contribution < 1.29 is 4.74 Å². The summed E-state index contributed by atoms with van der Waals surface area (Å²) in [6.07, 6.45) is 5.30. The van der Waals surface area contributed by atoms with Gasteiger partial charge in [0.15, 0.2) is 0 Å². The van der Waals surface area contributed by atoms with Crippen molar-refractivity contribution in [3.63, 3.8) is 0 Å². The Morgan fingerprint density at radius 3 is 2.76 bits per heavy atom. The summed E-state index contributed by atoms with van der Waals surface area (Å²) in [7, 11) is 1.66. The van der Waals surface area contributed by atoms with Crippen molar-refractivity contribution in [2.75, 3.05) is 7.11 Å². The second-order valence-electron chi connectivity index (χ2n) is 3.72. The van der Waals surface area contributed by atoms with Crippen LogP contribution < -0.4 is 4.74 Å². The van der Waals surface area contributed by atoms with E-state index < -0.39 is 0 Å². The van der Waals surface area contributed by atoms with Crippen LogP contribution in [0.15, 0.2) is 43.0 Å². The van der Waals surface area contributed by atoms with Crippen LogP contribution in [0.5, 0.6) is 5.75 Å². The second kappa shape index (κ2) is 3.90. The Morgan fingerprint density at radius 2 is 2.00 bits per heavy atom. The number of aromatic nitrogens is 3. The van der Waals surface area contributed by atoms with E-state index in [9.17, 15) is 0 Å². The number of nitrogens with zero attached hydrogens (tertiary/aromatic N) is 2. The second-order valence-corrected chi connectivity index (χ2v) is 3.72. The summed E-state index contributed by atoms with van der Waals surface area (Å²) in [6.45, 7) is 0. The van der Waals surface area contributed by atoms with E-state index in [1.54, 1.807) is 7.11 Å². The largest absolute Gasteiger partial charge is 0.497 e. The average Bonchev–Trinajstić information content (AvgIpc) is 2.83. The summed E-state index contributed by atoms with van der Waals surface area (Å²) in [6, 6.07) is 7.93. The summed E-state index contributed by atoms with van der Waals surface area (Å²) in [5.41, 5.74) is 3.07. The van der Waals surface area contributed by atoms with Gasteiger partial charge in [0.1, 0.15) is 17.7 Å². The molecule has 0 fully saturated rings. The van der Waals surface area contributed by atoms with E-state index in [0.717, 1.165) is 27.9 Å². The van der Waals surface area contributed by atoms with Crippen LogP contribution in [0.4, 0.5) is 0 Å². The lowest BCUT2D eigenvalue weighted by molar-refractivity contribution is 0.415. The summed E-state index contributed by atoms with van der Waals surface area (Å²) >= 11 is 0. The fourth-order valence-electron chi connectivity index (χ4n) is 1.87. The molecule has 3 aromatic rings. The molecule has 0 atom stereocenters. The van der Waals surface area contributed by atoms with Crippen LogP contribution in [0.1, 0.15) is 0 Å². The number of ether oxygens (including phenoxy) is 1. The summed E-state index contributed by atoms with van der Waals surface area (Å²) in [4.78, 5) is 11.4. The van der Waals surface area contributed by atoms with Crippen molar-refractivity contribution >= 4 is 11.0 Å². The van der Waals surface area contributed by atoms with Gasteiger partial charge in [-0.1, -0.05) is 12.1 Å². The number of benzene rings is 1. The lowest BCUT2D eigenvalue weighted by Gasteiger charge is -2.01. The number of H-pyrrole nitrogens is 1. The normalized spacial score (nSPS) is 10.6. The minimum absolute atomic E-state index is 0.852. The molecule has 17 heavy (non-hydrogen) atoms. The molecule has 0 aliphatic rings. The van der Waals surface area contributed by atoms with E-state index in [-0.39, 0.29) is 0 Å². The number of rotatable bonds is 2. The van der Waals surface area contributed by atoms with Crippen molar-refractivity contribution in [1.29, 1.82) is 0 Å². The monoisotopic (exact) mass is 225 g/mol. The van der Waals surface area contributed by atoms with Gasteiger partial charge in [-0.25, -0.2) is 9.97 Å². The molecule has 0 aliphatic heterocycles. The van der Waals surface area contributed by atoms with Crippen LogP contribution in [0.25, 0.3) is 22.2 Å². The highest BCUT2D eigenvalue weighted by molar-refractivity contribution is 5.92. The van der Waals surface area contributed by atoms with Crippen LogP contribution in [-0.4, -0.2) is 22.1 Å². The van der Waals surface area contributed by atoms with Gasteiger partial charge in [-0.3, -0.25) is 0 Å². The first-order valence-electron chi connectivity index (χ1n) is 5.30. The van der Waals surface area contributed by atoms with Crippen molar-refractivity contribution in [3.05, 3.63) is 43.0 Å². The molecule has 1 aromatic carbocycles. The van der Waals surface area contributed by atoms with Crippen LogP contribution in [0, 0.1) is 0 Å². The quantitative estimate of drug-likeness (QED) is 0.729. The Morgan fingerprint density at radius 1 is 1.18 bits per heavy atom. The first kappa shape index (κ1) is 9.84. The van der Waals surface area contributed by atoms with E-state index in [4.69, 9.17) is 4.74 Å². The lowest BCUT2D eigenvalue weighted by Crippen LogP contribution is -1.82. The van der Waals surface area contributed by atoms with Crippen LogP contribution in [-0.2, 0) is 0 Å². The van der Waals surface area contributed by atoms with E-state index in [1.807, 2.05) is 36.7 Å². The van der Waals surface area contributed by atoms with Crippen LogP contribution >= 0.6 is 0 Å². The van der Waals surface area contributed by atoms with Gasteiger partial charge in [-0.15, -0.1) is 0 Å². The van der Waals surface area contributed by atoms with Crippen LogP contribution in [0.3, 0.4) is 0 Å². The highest BCUT2D eigenvalue weighted by Crippen LogP contribution is 2.28. The average molecular weight is 225 g/mol. The van der Waals surface area contributed by atoms with E-state index in [2.05, 4.69) is 15.0 Å². The van der Waals surface area contributed by atoms with Gasteiger partial charge in [0.05, 0.1) is 7.11 Å². The molecule has 4 heteroatoms. The van der Waals surface area contributed by atoms with Gasteiger partial charge < -0.3 is 9.72 Å². The molecule has 2 heterocycles. The zero-order valence-corrected chi connectivity index (χ0v) is 9.34. The van der Waals surface area contributed by atoms with Crippen molar-refractivity contribution in [2.45, 2.75) is 0 Å². The lowest BCUT2D eigenvalue weighted by atomic mass is 10.1. The van der Waals surface area contributed by atoms with E-state index >= 15 is 0 Å². The molecule has 0 bridgehead atoms. The Balaban J connectivity index is 2.13. The summed E-state index contributed by atoms with van der Waals surface area (Å²) < 4.78 is 5.14. The predicted octanol–water partition coefficient (Wildman–Crippen LogP) is 2.63. The Labute approximate surface area is 98.3 Å².